The van der Waals surface area contributed by atoms with Crippen molar-refractivity contribution >= 4 is 13.9 Å². The van der Waals surface area contributed by atoms with E-state index in [0.29, 0.717) is 6.73 Å². The molecule has 0 aromatic carbocycles. The van der Waals surface area contributed by atoms with Crippen molar-refractivity contribution in [2.24, 2.45) is 0 Å². The molecule has 1 aromatic rings. The topological polar surface area (TPSA) is 20.6 Å². The second-order valence-corrected chi connectivity index (χ2v) is 12.6. The van der Waals surface area contributed by atoms with Gasteiger partial charge < -0.3 is 19.1 Å². The number of hydrogen-bond acceptors (Lipinski definition) is 3. The van der Waals surface area contributed by atoms with E-state index in [9.17, 15) is 0 Å². The van der Waals surface area contributed by atoms with Crippen LogP contribution in [0.25, 0.3) is 0 Å². The molecule has 1 aromatic heterocycles. The molecule has 1 saturated heterocycles. The Balaban J connectivity index is 1.83. The Bertz CT molecular complexity index is 405. The van der Waals surface area contributed by atoms with Gasteiger partial charge in [-0.15, -0.1) is 0 Å². The number of hydrogen-bond donors (Lipinski definition) is 0. The highest BCUT2D eigenvalue weighted by molar-refractivity contribution is 6.76. The zero-order valence-corrected chi connectivity index (χ0v) is 14.4. The van der Waals surface area contributed by atoms with Gasteiger partial charge in [0.05, 0.1) is 0 Å². The van der Waals surface area contributed by atoms with Crippen molar-refractivity contribution < 1.29 is 4.74 Å². The molecule has 0 N–H and O–H groups in total. The molecule has 1 aliphatic heterocycles. The smallest absolute Gasteiger partial charge is 0.124 e. The Morgan fingerprint density at radius 3 is 2.50 bits per heavy atom. The fourth-order valence-electron chi connectivity index (χ4n) is 2.38. The molecule has 114 valence electrons. The Morgan fingerprint density at radius 1 is 1.15 bits per heavy atom. The van der Waals surface area contributed by atoms with E-state index in [0.717, 1.165) is 32.8 Å². The number of likely N-dealkylation sites (N-methyl/N-ethyl adjacent to an activating group) is 1. The first-order chi connectivity index (χ1) is 9.46. The Hall–Kier alpha value is -0.783. The van der Waals surface area contributed by atoms with Gasteiger partial charge in [0.1, 0.15) is 12.5 Å². The van der Waals surface area contributed by atoms with E-state index in [2.05, 4.69) is 59.4 Å². The van der Waals surface area contributed by atoms with Gasteiger partial charge in [-0.05, 0) is 25.2 Å². The van der Waals surface area contributed by atoms with E-state index in [1.165, 1.54) is 11.9 Å². The molecule has 2 heterocycles. The molecular formula is C15H29N3OSi. The van der Waals surface area contributed by atoms with E-state index in [-0.39, 0.29) is 0 Å². The number of ether oxygens (including phenoxy) is 1. The highest BCUT2D eigenvalue weighted by Gasteiger charge is 2.17. The molecule has 1 aliphatic rings. The fraction of sp³-hybridized carbons (Fsp3) is 0.733. The zero-order valence-electron chi connectivity index (χ0n) is 13.4. The predicted octanol–water partition coefficient (Wildman–Crippen LogP) is 2.55. The van der Waals surface area contributed by atoms with Crippen molar-refractivity contribution in [1.29, 1.82) is 0 Å². The minimum Gasteiger partial charge on any atom is -0.361 e. The van der Waals surface area contributed by atoms with Gasteiger partial charge in [0, 0.05) is 47.1 Å². The van der Waals surface area contributed by atoms with E-state index in [1.54, 1.807) is 0 Å². The number of rotatable bonds is 6. The third-order valence-corrected chi connectivity index (χ3v) is 5.56. The summed E-state index contributed by atoms with van der Waals surface area (Å²) in [5.74, 6) is 1.30. The van der Waals surface area contributed by atoms with E-state index in [1.807, 2.05) is 0 Å². The maximum Gasteiger partial charge on any atom is 0.124 e. The monoisotopic (exact) mass is 295 g/mol. The molecule has 2 rings (SSSR count). The summed E-state index contributed by atoms with van der Waals surface area (Å²) in [5.41, 5.74) is 0. The molecular weight excluding hydrogens is 266 g/mol. The molecule has 0 unspecified atom stereocenters. The molecule has 0 saturated carbocycles. The standard InChI is InChI=1S/C15H29N3OSi/c1-16-8-10-17(11-9-16)15-6-5-7-18(15)14-19-12-13-20(2,3)4/h5-7H,8-14H2,1-4H3. The molecule has 5 heteroatoms. The van der Waals surface area contributed by atoms with Crippen LogP contribution in [-0.2, 0) is 11.5 Å². The summed E-state index contributed by atoms with van der Waals surface area (Å²) < 4.78 is 8.10. The lowest BCUT2D eigenvalue weighted by molar-refractivity contribution is 0.0880. The van der Waals surface area contributed by atoms with Crippen LogP contribution in [0, 0.1) is 0 Å². The average Bonchev–Trinajstić information content (AvgIpc) is 2.83. The number of piperazine rings is 1. The van der Waals surface area contributed by atoms with Crippen LogP contribution in [0.5, 0.6) is 0 Å². The van der Waals surface area contributed by atoms with Crippen molar-refractivity contribution in [3.05, 3.63) is 18.3 Å². The van der Waals surface area contributed by atoms with Crippen LogP contribution in [0.1, 0.15) is 0 Å². The molecule has 0 atom stereocenters. The van der Waals surface area contributed by atoms with Gasteiger partial charge in [0.15, 0.2) is 0 Å². The first kappa shape index (κ1) is 15.6. The minimum absolute atomic E-state index is 0.680. The molecule has 0 aliphatic carbocycles. The zero-order chi connectivity index (χ0) is 14.6. The minimum atomic E-state index is -0.983. The third kappa shape index (κ3) is 4.65. The molecule has 0 amide bonds. The molecule has 0 radical (unpaired) electrons. The summed E-state index contributed by atoms with van der Waals surface area (Å²) in [5, 5.41) is 0. The lowest BCUT2D eigenvalue weighted by atomic mass is 10.3. The largest absolute Gasteiger partial charge is 0.361 e. The molecule has 0 bridgehead atoms. The summed E-state index contributed by atoms with van der Waals surface area (Å²) in [7, 11) is 1.21. The van der Waals surface area contributed by atoms with Crippen molar-refractivity contribution in [2.45, 2.75) is 32.4 Å². The van der Waals surface area contributed by atoms with Crippen LogP contribution >= 0.6 is 0 Å². The number of nitrogens with zero attached hydrogens (tertiary/aromatic N) is 3. The fourth-order valence-corrected chi connectivity index (χ4v) is 3.13. The van der Waals surface area contributed by atoms with Crippen LogP contribution in [-0.4, -0.2) is 57.4 Å². The van der Waals surface area contributed by atoms with Crippen LogP contribution < -0.4 is 4.90 Å². The summed E-state index contributed by atoms with van der Waals surface area (Å²) in [6.07, 6.45) is 2.13. The van der Waals surface area contributed by atoms with Gasteiger partial charge in [-0.3, -0.25) is 0 Å². The van der Waals surface area contributed by atoms with Crippen molar-refractivity contribution in [2.75, 3.05) is 44.7 Å². The normalized spacial score (nSPS) is 17.7. The Kier molecular flexibility index (Phi) is 5.29. The molecule has 1 fully saturated rings. The molecule has 4 nitrogen and oxygen atoms in total. The second-order valence-electron chi connectivity index (χ2n) is 6.97. The van der Waals surface area contributed by atoms with E-state index < -0.39 is 8.07 Å². The summed E-state index contributed by atoms with van der Waals surface area (Å²) in [6.45, 7) is 13.2. The van der Waals surface area contributed by atoms with Crippen molar-refractivity contribution in [3.63, 3.8) is 0 Å². The van der Waals surface area contributed by atoms with Gasteiger partial charge >= 0.3 is 0 Å². The quantitative estimate of drug-likeness (QED) is 0.594. The Morgan fingerprint density at radius 2 is 1.85 bits per heavy atom. The van der Waals surface area contributed by atoms with Gasteiger partial charge in [-0.2, -0.15) is 0 Å². The third-order valence-electron chi connectivity index (χ3n) is 3.86. The van der Waals surface area contributed by atoms with Gasteiger partial charge in [-0.1, -0.05) is 19.6 Å². The van der Waals surface area contributed by atoms with E-state index >= 15 is 0 Å². The van der Waals surface area contributed by atoms with Gasteiger partial charge in [0.2, 0.25) is 0 Å². The summed E-state index contributed by atoms with van der Waals surface area (Å²) >= 11 is 0. The SMILES string of the molecule is CN1CCN(c2cccn2COCC[Si](C)(C)C)CC1. The number of anilines is 1. The van der Waals surface area contributed by atoms with Gasteiger partial charge in [-0.25, -0.2) is 0 Å². The maximum absolute atomic E-state index is 5.87. The predicted molar refractivity (Wildman–Crippen MR) is 88.2 cm³/mol. The maximum atomic E-state index is 5.87. The Labute approximate surface area is 124 Å². The van der Waals surface area contributed by atoms with Crippen molar-refractivity contribution in [3.8, 4) is 0 Å². The lowest BCUT2D eigenvalue weighted by Crippen LogP contribution is -2.45. The average molecular weight is 296 g/mol. The van der Waals surface area contributed by atoms with Gasteiger partial charge in [0.25, 0.3) is 0 Å². The lowest BCUT2D eigenvalue weighted by Gasteiger charge is -2.34. The highest BCUT2D eigenvalue weighted by Crippen LogP contribution is 2.17. The van der Waals surface area contributed by atoms with Crippen LogP contribution in [0.15, 0.2) is 18.3 Å². The molecule has 0 spiro atoms. The first-order valence-corrected chi connectivity index (χ1v) is 11.3. The summed E-state index contributed by atoms with van der Waals surface area (Å²) in [6, 6.07) is 5.56. The van der Waals surface area contributed by atoms with Crippen molar-refractivity contribution in [1.82, 2.24) is 9.47 Å². The van der Waals surface area contributed by atoms with Crippen LogP contribution in [0.4, 0.5) is 5.82 Å². The van der Waals surface area contributed by atoms with E-state index in [4.69, 9.17) is 4.74 Å². The number of aromatic nitrogens is 1. The van der Waals surface area contributed by atoms with Crippen LogP contribution in [0.3, 0.4) is 0 Å². The van der Waals surface area contributed by atoms with Crippen LogP contribution in [0.2, 0.25) is 25.7 Å². The summed E-state index contributed by atoms with van der Waals surface area (Å²) in [4.78, 5) is 4.84. The first-order valence-electron chi connectivity index (χ1n) is 7.62. The molecule has 20 heavy (non-hydrogen) atoms. The second kappa shape index (κ2) is 6.78. The highest BCUT2D eigenvalue weighted by atomic mass is 28.3.